The zero-order valence-corrected chi connectivity index (χ0v) is 18.5. The van der Waals surface area contributed by atoms with Crippen LogP contribution in [0.25, 0.3) is 0 Å². The largest absolute Gasteiger partial charge is 0.471 e. The van der Waals surface area contributed by atoms with Gasteiger partial charge in [-0.05, 0) is 32.2 Å². The number of hydrogen-bond acceptors (Lipinski definition) is 6. The molecule has 1 amide bonds. The Hall–Kier alpha value is -3.34. The van der Waals surface area contributed by atoms with E-state index in [1.165, 1.54) is 12.1 Å². The summed E-state index contributed by atoms with van der Waals surface area (Å²) in [6.45, 7) is 2.65. The lowest BCUT2D eigenvalue weighted by Crippen LogP contribution is -2.57. The molecule has 1 aliphatic rings. The second-order valence-electron chi connectivity index (χ2n) is 7.99. The van der Waals surface area contributed by atoms with Gasteiger partial charge in [-0.1, -0.05) is 18.2 Å². The number of amides is 1. The van der Waals surface area contributed by atoms with Crippen LogP contribution < -0.4 is 9.64 Å². The van der Waals surface area contributed by atoms with Crippen molar-refractivity contribution in [2.24, 2.45) is 0 Å². The van der Waals surface area contributed by atoms with Crippen LogP contribution in [0.3, 0.4) is 0 Å². The van der Waals surface area contributed by atoms with Gasteiger partial charge in [0.15, 0.2) is 0 Å². The molecule has 2 aromatic rings. The van der Waals surface area contributed by atoms with E-state index in [9.17, 15) is 28.1 Å². The van der Waals surface area contributed by atoms with E-state index >= 15 is 0 Å². The molecule has 0 bridgehead atoms. The number of nitro groups is 1. The maximum atomic E-state index is 12.8. The molecule has 1 atom stereocenters. The number of benzene rings is 2. The molecule has 0 saturated carbocycles. The van der Waals surface area contributed by atoms with Gasteiger partial charge in [0.1, 0.15) is 17.2 Å². The highest BCUT2D eigenvalue weighted by atomic mass is 19.4. The van der Waals surface area contributed by atoms with E-state index in [1.54, 1.807) is 43.1 Å². The molecule has 1 heterocycles. The number of anilines is 1. The molecule has 0 spiro atoms. The van der Waals surface area contributed by atoms with Gasteiger partial charge >= 0.3 is 12.1 Å². The fraction of sp³-hybridized carbons (Fsp3) is 0.409. The van der Waals surface area contributed by atoms with E-state index in [4.69, 9.17) is 4.74 Å². The molecule has 2 aromatic carbocycles. The Kier molecular flexibility index (Phi) is 7.11. The van der Waals surface area contributed by atoms with Crippen LogP contribution in [-0.4, -0.2) is 73.1 Å². The van der Waals surface area contributed by atoms with Gasteiger partial charge in [-0.2, -0.15) is 13.2 Å². The van der Waals surface area contributed by atoms with Crippen molar-refractivity contribution in [2.75, 3.05) is 45.2 Å². The fourth-order valence-corrected chi connectivity index (χ4v) is 3.90. The summed E-state index contributed by atoms with van der Waals surface area (Å²) in [6, 6.07) is 11.4. The minimum Gasteiger partial charge on any atom is -0.457 e. The molecule has 0 unspecified atom stereocenters. The summed E-state index contributed by atoms with van der Waals surface area (Å²) < 4.78 is 44.3. The first kappa shape index (κ1) is 24.3. The number of nitro benzene ring substituents is 1. The lowest BCUT2D eigenvalue weighted by molar-refractivity contribution is -0.384. The van der Waals surface area contributed by atoms with Crippen LogP contribution in [0, 0.1) is 17.0 Å². The molecule has 1 saturated heterocycles. The number of nitrogens with zero attached hydrogens (tertiary/aromatic N) is 4. The number of alkyl halides is 3. The number of hydrogen-bond donors (Lipinski definition) is 0. The van der Waals surface area contributed by atoms with Crippen LogP contribution in [0.1, 0.15) is 5.56 Å². The van der Waals surface area contributed by atoms with Crippen molar-refractivity contribution in [3.05, 3.63) is 58.1 Å². The SMILES string of the molecule is Cc1c(Oc2ccccc2)ccc([N+](=O)[O-])c1N1CCN(C)[C@@H](CN(C)C(=O)C(F)(F)F)C1. The summed E-state index contributed by atoms with van der Waals surface area (Å²) in [5.74, 6) is -0.904. The van der Waals surface area contributed by atoms with Gasteiger partial charge in [-0.15, -0.1) is 0 Å². The second kappa shape index (κ2) is 9.65. The summed E-state index contributed by atoms with van der Waals surface area (Å²) in [7, 11) is 2.86. The van der Waals surface area contributed by atoms with Gasteiger partial charge in [0, 0.05) is 50.9 Å². The minimum absolute atomic E-state index is 0.115. The summed E-state index contributed by atoms with van der Waals surface area (Å²) in [5, 5.41) is 11.8. The number of ether oxygens (including phenoxy) is 1. The maximum absolute atomic E-state index is 12.8. The summed E-state index contributed by atoms with van der Waals surface area (Å²) >= 11 is 0. The molecule has 0 aromatic heterocycles. The number of halogens is 3. The van der Waals surface area contributed by atoms with Gasteiger partial charge < -0.3 is 14.5 Å². The molecule has 1 fully saturated rings. The average Bonchev–Trinajstić information content (AvgIpc) is 2.76. The third kappa shape index (κ3) is 5.54. The van der Waals surface area contributed by atoms with Crippen molar-refractivity contribution in [3.8, 4) is 11.5 Å². The molecule has 11 heteroatoms. The highest BCUT2D eigenvalue weighted by molar-refractivity contribution is 5.81. The minimum atomic E-state index is -4.96. The molecule has 0 radical (unpaired) electrons. The Bertz CT molecular complexity index is 1020. The normalized spacial score (nSPS) is 17.0. The van der Waals surface area contributed by atoms with Crippen molar-refractivity contribution >= 4 is 17.3 Å². The molecule has 0 N–H and O–H groups in total. The molecular formula is C22H25F3N4O4. The number of piperazine rings is 1. The first-order chi connectivity index (χ1) is 15.5. The van der Waals surface area contributed by atoms with Crippen molar-refractivity contribution in [1.29, 1.82) is 0 Å². The van der Waals surface area contributed by atoms with Crippen LogP contribution in [0.5, 0.6) is 11.5 Å². The number of rotatable bonds is 6. The van der Waals surface area contributed by atoms with E-state index < -0.39 is 23.0 Å². The molecule has 33 heavy (non-hydrogen) atoms. The van der Waals surface area contributed by atoms with E-state index in [-0.39, 0.29) is 18.8 Å². The highest BCUT2D eigenvalue weighted by Crippen LogP contribution is 2.39. The van der Waals surface area contributed by atoms with Crippen molar-refractivity contribution in [3.63, 3.8) is 0 Å². The van der Waals surface area contributed by atoms with Crippen molar-refractivity contribution in [2.45, 2.75) is 19.1 Å². The van der Waals surface area contributed by atoms with Crippen molar-refractivity contribution in [1.82, 2.24) is 9.80 Å². The van der Waals surface area contributed by atoms with Crippen LogP contribution in [0.2, 0.25) is 0 Å². The van der Waals surface area contributed by atoms with Gasteiger partial charge in [-0.25, -0.2) is 0 Å². The van der Waals surface area contributed by atoms with Crippen LogP contribution >= 0.6 is 0 Å². The van der Waals surface area contributed by atoms with E-state index in [0.717, 1.165) is 7.05 Å². The summed E-state index contributed by atoms with van der Waals surface area (Å²) in [6.07, 6.45) is -4.96. The third-order valence-corrected chi connectivity index (χ3v) is 5.69. The van der Waals surface area contributed by atoms with Gasteiger partial charge in [0.2, 0.25) is 0 Å². The third-order valence-electron chi connectivity index (χ3n) is 5.69. The molecule has 0 aliphatic carbocycles. The van der Waals surface area contributed by atoms with E-state index in [1.807, 2.05) is 11.0 Å². The molecule has 1 aliphatic heterocycles. The van der Waals surface area contributed by atoms with Crippen LogP contribution in [0.15, 0.2) is 42.5 Å². The molecular weight excluding hydrogens is 441 g/mol. The maximum Gasteiger partial charge on any atom is 0.471 e. The van der Waals surface area contributed by atoms with Crippen LogP contribution in [0.4, 0.5) is 24.5 Å². The predicted molar refractivity (Wildman–Crippen MR) is 117 cm³/mol. The summed E-state index contributed by atoms with van der Waals surface area (Å²) in [5.41, 5.74) is 0.795. The smallest absolute Gasteiger partial charge is 0.457 e. The Morgan fingerprint density at radius 2 is 1.88 bits per heavy atom. The topological polar surface area (TPSA) is 79.2 Å². The van der Waals surface area contributed by atoms with Crippen LogP contribution in [-0.2, 0) is 4.79 Å². The van der Waals surface area contributed by atoms with Gasteiger partial charge in [-0.3, -0.25) is 19.8 Å². The zero-order valence-electron chi connectivity index (χ0n) is 18.5. The van der Waals surface area contributed by atoms with Gasteiger partial charge in [0.25, 0.3) is 5.69 Å². The first-order valence-corrected chi connectivity index (χ1v) is 10.3. The van der Waals surface area contributed by atoms with E-state index in [2.05, 4.69) is 0 Å². The lowest BCUT2D eigenvalue weighted by atomic mass is 10.1. The Morgan fingerprint density at radius 3 is 2.48 bits per heavy atom. The van der Waals surface area contributed by atoms with Crippen molar-refractivity contribution < 1.29 is 27.6 Å². The lowest BCUT2D eigenvalue weighted by Gasteiger charge is -2.42. The highest BCUT2D eigenvalue weighted by Gasteiger charge is 2.42. The number of carbonyl (C=O) groups is 1. The predicted octanol–water partition coefficient (Wildman–Crippen LogP) is 3.84. The first-order valence-electron chi connectivity index (χ1n) is 10.3. The number of carbonyl (C=O) groups excluding carboxylic acids is 1. The Balaban J connectivity index is 1.89. The molecule has 178 valence electrons. The summed E-state index contributed by atoms with van der Waals surface area (Å²) in [4.78, 5) is 27.1. The monoisotopic (exact) mass is 466 g/mol. The quantitative estimate of drug-likeness (QED) is 0.476. The van der Waals surface area contributed by atoms with E-state index in [0.29, 0.717) is 40.7 Å². The fourth-order valence-electron chi connectivity index (χ4n) is 3.90. The average molecular weight is 466 g/mol. The Labute approximate surface area is 189 Å². The standard InChI is InChI=1S/C22H25F3N4O4/c1-15-19(33-17-7-5-4-6-8-17)10-9-18(29(31)32)20(15)28-12-11-26(2)16(14-28)13-27(3)21(30)22(23,24)25/h4-10,16H,11-14H2,1-3H3/t16-/m0/s1. The van der Waals surface area contributed by atoms with Gasteiger partial charge in [0.05, 0.1) is 4.92 Å². The molecule has 8 nitrogen and oxygen atoms in total. The Morgan fingerprint density at radius 1 is 1.21 bits per heavy atom. The number of para-hydroxylation sites is 1. The number of likely N-dealkylation sites (N-methyl/N-ethyl adjacent to an activating group) is 2. The molecule has 3 rings (SSSR count). The second-order valence-corrected chi connectivity index (χ2v) is 7.99. The zero-order chi connectivity index (χ0) is 24.3.